The second-order valence-corrected chi connectivity index (χ2v) is 11.0. The van der Waals surface area contributed by atoms with Crippen molar-refractivity contribution in [3.63, 3.8) is 0 Å². The van der Waals surface area contributed by atoms with E-state index in [2.05, 4.69) is 17.0 Å². The van der Waals surface area contributed by atoms with E-state index in [0.717, 1.165) is 58.2 Å². The molecule has 0 aliphatic carbocycles. The van der Waals surface area contributed by atoms with E-state index in [0.29, 0.717) is 5.02 Å². The molecular formula is C28H27Cl2NO2S. The van der Waals surface area contributed by atoms with Crippen LogP contribution in [0.2, 0.25) is 10.0 Å². The third-order valence-electron chi connectivity index (χ3n) is 6.74. The standard InChI is InChI=1S/C28H27Cl2NO2S/c1-18-6-13-24(29)26(14-18)33-23-15-21-11-12-22(16-23)31(21)28(32)20-9-7-19(8-10-20)17-34-27-5-3-2-4-25(27)30/h2-10,13-14,21-23H,11-12,15-17H2,1H3/t21-,22+,23?. The van der Waals surface area contributed by atoms with Crippen LogP contribution in [0.3, 0.4) is 0 Å². The highest BCUT2D eigenvalue weighted by Gasteiger charge is 2.44. The third kappa shape index (κ3) is 5.10. The van der Waals surface area contributed by atoms with Gasteiger partial charge in [-0.05, 0) is 67.3 Å². The molecule has 5 rings (SSSR count). The minimum absolute atomic E-state index is 0.0880. The van der Waals surface area contributed by atoms with E-state index in [1.54, 1.807) is 11.8 Å². The first-order chi connectivity index (χ1) is 16.5. The van der Waals surface area contributed by atoms with Crippen molar-refractivity contribution in [3.05, 3.63) is 93.5 Å². The normalized spacial score (nSPS) is 21.5. The molecule has 1 unspecified atom stereocenters. The zero-order chi connectivity index (χ0) is 23.7. The predicted octanol–water partition coefficient (Wildman–Crippen LogP) is 7.81. The largest absolute Gasteiger partial charge is 0.489 e. The van der Waals surface area contributed by atoms with Crippen LogP contribution in [0.15, 0.2) is 71.6 Å². The van der Waals surface area contributed by atoms with E-state index in [1.807, 2.05) is 61.5 Å². The highest BCUT2D eigenvalue weighted by Crippen LogP contribution is 2.39. The first-order valence-corrected chi connectivity index (χ1v) is 13.4. The van der Waals surface area contributed by atoms with E-state index in [-0.39, 0.29) is 24.1 Å². The van der Waals surface area contributed by atoms with Gasteiger partial charge in [0.2, 0.25) is 0 Å². The lowest BCUT2D eigenvalue weighted by atomic mass is 9.98. The second kappa shape index (κ2) is 10.2. The van der Waals surface area contributed by atoms with Gasteiger partial charge < -0.3 is 9.64 Å². The van der Waals surface area contributed by atoms with Gasteiger partial charge >= 0.3 is 0 Å². The Morgan fingerprint density at radius 3 is 2.38 bits per heavy atom. The summed E-state index contributed by atoms with van der Waals surface area (Å²) in [6.07, 6.45) is 3.84. The van der Waals surface area contributed by atoms with Gasteiger partial charge in [0.25, 0.3) is 5.91 Å². The monoisotopic (exact) mass is 511 g/mol. The third-order valence-corrected chi connectivity index (χ3v) is 8.64. The van der Waals surface area contributed by atoms with Crippen LogP contribution in [0, 0.1) is 6.92 Å². The van der Waals surface area contributed by atoms with Crippen molar-refractivity contribution in [1.82, 2.24) is 4.90 Å². The maximum atomic E-state index is 13.4. The van der Waals surface area contributed by atoms with Crippen molar-refractivity contribution in [3.8, 4) is 5.75 Å². The van der Waals surface area contributed by atoms with E-state index in [9.17, 15) is 4.79 Å². The molecule has 2 aliphatic heterocycles. The van der Waals surface area contributed by atoms with Crippen LogP contribution in [0.1, 0.15) is 47.2 Å². The van der Waals surface area contributed by atoms with Crippen molar-refractivity contribution in [1.29, 1.82) is 0 Å². The molecule has 0 saturated carbocycles. The molecule has 1 amide bonds. The van der Waals surface area contributed by atoms with Gasteiger partial charge in [0.05, 0.1) is 10.0 Å². The summed E-state index contributed by atoms with van der Waals surface area (Å²) in [6, 6.07) is 22.2. The number of benzene rings is 3. The Kier molecular flexibility index (Phi) is 7.10. The van der Waals surface area contributed by atoms with E-state index in [1.165, 1.54) is 5.56 Å². The molecule has 0 radical (unpaired) electrons. The molecule has 6 heteroatoms. The SMILES string of the molecule is Cc1ccc(Cl)c(OC2C[C@H]3CC[C@@H](C2)N3C(=O)c2ccc(CSc3ccccc3Cl)cc2)c1. The molecule has 2 aliphatic rings. The minimum atomic E-state index is 0.0880. The fourth-order valence-corrected chi connectivity index (χ4v) is 6.41. The van der Waals surface area contributed by atoms with Gasteiger partial charge in [-0.15, -0.1) is 11.8 Å². The van der Waals surface area contributed by atoms with Crippen molar-refractivity contribution in [2.24, 2.45) is 0 Å². The fourth-order valence-electron chi connectivity index (χ4n) is 5.05. The number of nitrogens with zero attached hydrogens (tertiary/aromatic N) is 1. The maximum Gasteiger partial charge on any atom is 0.254 e. The molecule has 2 bridgehead atoms. The number of carbonyl (C=O) groups excluding carboxylic acids is 1. The molecule has 0 N–H and O–H groups in total. The van der Waals surface area contributed by atoms with Crippen LogP contribution >= 0.6 is 35.0 Å². The van der Waals surface area contributed by atoms with E-state index >= 15 is 0 Å². The Labute approximate surface area is 215 Å². The van der Waals surface area contributed by atoms with Gasteiger partial charge in [-0.3, -0.25) is 4.79 Å². The Morgan fingerprint density at radius 1 is 0.971 bits per heavy atom. The molecule has 0 aromatic heterocycles. The van der Waals surface area contributed by atoms with Gasteiger partial charge in [-0.2, -0.15) is 0 Å². The van der Waals surface area contributed by atoms with Gasteiger partial charge in [0.1, 0.15) is 11.9 Å². The van der Waals surface area contributed by atoms with E-state index in [4.69, 9.17) is 27.9 Å². The Balaban J connectivity index is 1.21. The Hall–Kier alpha value is -2.14. The van der Waals surface area contributed by atoms with Gasteiger partial charge in [-0.1, -0.05) is 53.5 Å². The number of hydrogen-bond acceptors (Lipinski definition) is 3. The number of ether oxygens (including phenoxy) is 1. The Bertz CT molecular complexity index is 1170. The summed E-state index contributed by atoms with van der Waals surface area (Å²) in [5.74, 6) is 1.69. The fraction of sp³-hybridized carbons (Fsp3) is 0.321. The number of halogens is 2. The molecule has 3 atom stereocenters. The zero-order valence-corrected chi connectivity index (χ0v) is 21.4. The summed E-state index contributed by atoms with van der Waals surface area (Å²) in [5, 5.41) is 1.41. The van der Waals surface area contributed by atoms with Crippen LogP contribution in [-0.2, 0) is 5.75 Å². The van der Waals surface area contributed by atoms with Crippen molar-refractivity contribution in [2.45, 2.75) is 61.4 Å². The molecule has 2 saturated heterocycles. The predicted molar refractivity (Wildman–Crippen MR) is 140 cm³/mol. The number of aryl methyl sites for hydroxylation is 1. The zero-order valence-electron chi connectivity index (χ0n) is 19.0. The number of piperidine rings is 1. The molecule has 0 spiro atoms. The molecule has 34 heavy (non-hydrogen) atoms. The number of carbonyl (C=O) groups is 1. The van der Waals surface area contributed by atoms with Gasteiger partial charge in [0, 0.05) is 41.1 Å². The lowest BCUT2D eigenvalue weighted by Gasteiger charge is -2.39. The summed E-state index contributed by atoms with van der Waals surface area (Å²) in [5.41, 5.74) is 3.06. The average molecular weight is 513 g/mol. The minimum Gasteiger partial charge on any atom is -0.489 e. The van der Waals surface area contributed by atoms with Crippen molar-refractivity contribution < 1.29 is 9.53 Å². The molecule has 3 aromatic carbocycles. The van der Waals surface area contributed by atoms with Crippen molar-refractivity contribution >= 4 is 40.9 Å². The molecule has 3 nitrogen and oxygen atoms in total. The highest BCUT2D eigenvalue weighted by atomic mass is 35.5. The van der Waals surface area contributed by atoms with Crippen LogP contribution in [0.25, 0.3) is 0 Å². The van der Waals surface area contributed by atoms with Gasteiger partial charge in [0.15, 0.2) is 0 Å². The average Bonchev–Trinajstić information content (AvgIpc) is 3.11. The summed E-state index contributed by atoms with van der Waals surface area (Å²) in [6.45, 7) is 2.04. The summed E-state index contributed by atoms with van der Waals surface area (Å²) < 4.78 is 6.29. The number of thioether (sulfide) groups is 1. The summed E-state index contributed by atoms with van der Waals surface area (Å²) in [7, 11) is 0. The number of hydrogen-bond donors (Lipinski definition) is 0. The topological polar surface area (TPSA) is 29.5 Å². The highest BCUT2D eigenvalue weighted by molar-refractivity contribution is 7.98. The molecular weight excluding hydrogens is 485 g/mol. The molecule has 2 fully saturated rings. The molecule has 3 aromatic rings. The number of amides is 1. The van der Waals surface area contributed by atoms with E-state index < -0.39 is 0 Å². The quantitative estimate of drug-likeness (QED) is 0.316. The summed E-state index contributed by atoms with van der Waals surface area (Å²) >= 11 is 14.3. The van der Waals surface area contributed by atoms with Crippen LogP contribution in [0.5, 0.6) is 5.75 Å². The first kappa shape index (κ1) is 23.6. The van der Waals surface area contributed by atoms with Crippen LogP contribution in [0.4, 0.5) is 0 Å². The van der Waals surface area contributed by atoms with Crippen molar-refractivity contribution in [2.75, 3.05) is 0 Å². The Morgan fingerprint density at radius 2 is 1.68 bits per heavy atom. The number of rotatable bonds is 6. The molecule has 2 heterocycles. The maximum absolute atomic E-state index is 13.4. The van der Waals surface area contributed by atoms with Crippen LogP contribution < -0.4 is 4.74 Å². The number of fused-ring (bicyclic) bond motifs is 2. The second-order valence-electron chi connectivity index (χ2n) is 9.16. The van der Waals surface area contributed by atoms with Gasteiger partial charge in [-0.25, -0.2) is 0 Å². The summed E-state index contributed by atoms with van der Waals surface area (Å²) in [4.78, 5) is 16.6. The van der Waals surface area contributed by atoms with Crippen LogP contribution in [-0.4, -0.2) is 29.0 Å². The smallest absolute Gasteiger partial charge is 0.254 e. The lowest BCUT2D eigenvalue weighted by Crippen LogP contribution is -2.49. The molecule has 176 valence electrons. The first-order valence-electron chi connectivity index (χ1n) is 11.7. The lowest BCUT2D eigenvalue weighted by molar-refractivity contribution is 0.0359.